The van der Waals surface area contributed by atoms with Crippen molar-refractivity contribution in [1.82, 2.24) is 5.32 Å². The van der Waals surface area contributed by atoms with Gasteiger partial charge >= 0.3 is 6.43 Å². The monoisotopic (exact) mass is 191 g/mol. The van der Waals surface area contributed by atoms with Crippen molar-refractivity contribution in [3.05, 3.63) is 0 Å². The molecule has 4 heteroatoms. The Morgan fingerprint density at radius 3 is 2.69 bits per heavy atom. The highest BCUT2D eigenvalue weighted by atomic mass is 19.3. The van der Waals surface area contributed by atoms with Gasteiger partial charge in [-0.25, -0.2) is 0 Å². The number of rotatable bonds is 3. The first-order chi connectivity index (χ1) is 6.09. The summed E-state index contributed by atoms with van der Waals surface area (Å²) in [6, 6.07) is 0. The van der Waals surface area contributed by atoms with Crippen LogP contribution in [0.1, 0.15) is 26.2 Å². The minimum atomic E-state index is -2.88. The predicted octanol–water partition coefficient (Wildman–Crippen LogP) is 1.80. The van der Waals surface area contributed by atoms with Gasteiger partial charge in [0.05, 0.1) is 0 Å². The van der Waals surface area contributed by atoms with Gasteiger partial charge in [-0.3, -0.25) is 4.79 Å². The summed E-state index contributed by atoms with van der Waals surface area (Å²) < 4.78 is 23.5. The van der Waals surface area contributed by atoms with E-state index in [0.29, 0.717) is 18.4 Å². The van der Waals surface area contributed by atoms with Crippen molar-refractivity contribution in [3.63, 3.8) is 0 Å². The third kappa shape index (κ3) is 3.28. The van der Waals surface area contributed by atoms with Gasteiger partial charge in [-0.2, -0.15) is 8.78 Å². The molecule has 1 aliphatic carbocycles. The van der Waals surface area contributed by atoms with Gasteiger partial charge in [-0.05, 0) is 24.7 Å². The molecule has 2 nitrogen and oxygen atoms in total. The predicted molar refractivity (Wildman–Crippen MR) is 45.5 cm³/mol. The molecule has 0 radical (unpaired) electrons. The van der Waals surface area contributed by atoms with Gasteiger partial charge in [0.25, 0.3) is 5.91 Å². The number of hydrogen-bond donors (Lipinski definition) is 1. The summed E-state index contributed by atoms with van der Waals surface area (Å²) in [5.74, 6) is -0.0642. The SMILES string of the molecule is CC1CCC(CNC(=O)C(F)F)C1. The summed E-state index contributed by atoms with van der Waals surface area (Å²) in [6.07, 6.45) is 0.363. The lowest BCUT2D eigenvalue weighted by Gasteiger charge is -2.10. The number of amides is 1. The molecule has 1 amide bonds. The molecule has 1 rings (SSSR count). The Morgan fingerprint density at radius 2 is 2.23 bits per heavy atom. The summed E-state index contributed by atoms with van der Waals surface area (Å²) in [7, 11) is 0. The zero-order valence-corrected chi connectivity index (χ0v) is 7.72. The fourth-order valence-corrected chi connectivity index (χ4v) is 1.83. The first-order valence-corrected chi connectivity index (χ1v) is 4.65. The Balaban J connectivity index is 2.16. The van der Waals surface area contributed by atoms with Crippen LogP contribution in [0.15, 0.2) is 0 Å². The van der Waals surface area contributed by atoms with Crippen LogP contribution in [0.2, 0.25) is 0 Å². The molecule has 2 atom stereocenters. The van der Waals surface area contributed by atoms with Gasteiger partial charge in [0.2, 0.25) is 0 Å². The van der Waals surface area contributed by atoms with E-state index in [9.17, 15) is 13.6 Å². The van der Waals surface area contributed by atoms with Crippen LogP contribution in [0.4, 0.5) is 8.78 Å². The maximum absolute atomic E-state index is 11.8. The molecule has 0 spiro atoms. The first-order valence-electron chi connectivity index (χ1n) is 4.65. The van der Waals surface area contributed by atoms with E-state index in [1.165, 1.54) is 0 Å². The number of hydrogen-bond acceptors (Lipinski definition) is 1. The third-order valence-corrected chi connectivity index (χ3v) is 2.57. The highest BCUT2D eigenvalue weighted by molar-refractivity contribution is 5.78. The summed E-state index contributed by atoms with van der Waals surface area (Å²) in [5.41, 5.74) is 0. The van der Waals surface area contributed by atoms with Crippen LogP contribution in [0.3, 0.4) is 0 Å². The fraction of sp³-hybridized carbons (Fsp3) is 0.889. The smallest absolute Gasteiger partial charge is 0.315 e. The van der Waals surface area contributed by atoms with Crippen molar-refractivity contribution in [2.45, 2.75) is 32.6 Å². The number of halogens is 2. The van der Waals surface area contributed by atoms with Crippen LogP contribution in [0.25, 0.3) is 0 Å². The minimum absolute atomic E-state index is 0.401. The van der Waals surface area contributed by atoms with E-state index >= 15 is 0 Å². The number of carbonyl (C=O) groups is 1. The number of carbonyl (C=O) groups excluding carboxylic acids is 1. The molecule has 0 bridgehead atoms. The topological polar surface area (TPSA) is 29.1 Å². The minimum Gasteiger partial charge on any atom is -0.351 e. The van der Waals surface area contributed by atoms with Crippen LogP contribution < -0.4 is 5.32 Å². The zero-order chi connectivity index (χ0) is 9.84. The Labute approximate surface area is 76.7 Å². The van der Waals surface area contributed by atoms with E-state index < -0.39 is 12.3 Å². The summed E-state index contributed by atoms with van der Waals surface area (Å²) in [6.45, 7) is 2.56. The molecule has 0 saturated heterocycles. The van der Waals surface area contributed by atoms with E-state index in [-0.39, 0.29) is 0 Å². The van der Waals surface area contributed by atoms with Gasteiger partial charge < -0.3 is 5.32 Å². The average Bonchev–Trinajstić information content (AvgIpc) is 2.47. The molecular weight excluding hydrogens is 176 g/mol. The highest BCUT2D eigenvalue weighted by Crippen LogP contribution is 2.29. The summed E-state index contributed by atoms with van der Waals surface area (Å²) in [5, 5.41) is 2.26. The summed E-state index contributed by atoms with van der Waals surface area (Å²) >= 11 is 0. The van der Waals surface area contributed by atoms with Crippen molar-refractivity contribution in [3.8, 4) is 0 Å². The molecule has 0 aliphatic heterocycles. The molecule has 1 N–H and O–H groups in total. The average molecular weight is 191 g/mol. The molecule has 2 unspecified atom stereocenters. The molecule has 0 aromatic carbocycles. The second-order valence-electron chi connectivity index (χ2n) is 3.83. The lowest BCUT2D eigenvalue weighted by Crippen LogP contribution is -2.33. The number of alkyl halides is 2. The molecule has 13 heavy (non-hydrogen) atoms. The summed E-state index contributed by atoms with van der Waals surface area (Å²) in [4.78, 5) is 10.5. The highest BCUT2D eigenvalue weighted by Gasteiger charge is 2.23. The molecular formula is C9H15F2NO. The molecule has 1 aliphatic rings. The molecule has 1 saturated carbocycles. The second-order valence-corrected chi connectivity index (χ2v) is 3.83. The maximum Gasteiger partial charge on any atom is 0.315 e. The van der Waals surface area contributed by atoms with Gasteiger partial charge in [0, 0.05) is 6.54 Å². The second kappa shape index (κ2) is 4.53. The Kier molecular flexibility index (Phi) is 3.63. The van der Waals surface area contributed by atoms with E-state index in [2.05, 4.69) is 12.2 Å². The maximum atomic E-state index is 11.8. The lowest BCUT2D eigenvalue weighted by molar-refractivity contribution is -0.131. The standard InChI is InChI=1S/C9H15F2NO/c1-6-2-3-7(4-6)5-12-9(13)8(10)11/h6-8H,2-5H2,1H3,(H,12,13). The van der Waals surface area contributed by atoms with Crippen LogP contribution in [-0.4, -0.2) is 18.9 Å². The molecule has 76 valence electrons. The van der Waals surface area contributed by atoms with Crippen molar-refractivity contribution >= 4 is 5.91 Å². The van der Waals surface area contributed by atoms with E-state index in [1.54, 1.807) is 0 Å². The Morgan fingerprint density at radius 1 is 1.54 bits per heavy atom. The van der Waals surface area contributed by atoms with Crippen LogP contribution in [-0.2, 0) is 4.79 Å². The van der Waals surface area contributed by atoms with Crippen molar-refractivity contribution < 1.29 is 13.6 Å². The Bertz CT molecular complexity index is 184. The van der Waals surface area contributed by atoms with Crippen molar-refractivity contribution in [2.24, 2.45) is 11.8 Å². The van der Waals surface area contributed by atoms with E-state index in [4.69, 9.17) is 0 Å². The van der Waals surface area contributed by atoms with Crippen molar-refractivity contribution in [1.29, 1.82) is 0 Å². The van der Waals surface area contributed by atoms with E-state index in [0.717, 1.165) is 19.3 Å². The Hall–Kier alpha value is -0.670. The first kappa shape index (κ1) is 10.4. The quantitative estimate of drug-likeness (QED) is 0.724. The van der Waals surface area contributed by atoms with Gasteiger partial charge in [-0.1, -0.05) is 13.3 Å². The third-order valence-electron chi connectivity index (χ3n) is 2.57. The number of nitrogens with one attached hydrogen (secondary N) is 1. The van der Waals surface area contributed by atoms with Gasteiger partial charge in [0.15, 0.2) is 0 Å². The van der Waals surface area contributed by atoms with Crippen LogP contribution in [0.5, 0.6) is 0 Å². The molecule has 0 aromatic heterocycles. The lowest BCUT2D eigenvalue weighted by atomic mass is 10.1. The van der Waals surface area contributed by atoms with Gasteiger partial charge in [-0.15, -0.1) is 0 Å². The normalized spacial score (nSPS) is 28.0. The van der Waals surface area contributed by atoms with E-state index in [1.807, 2.05) is 0 Å². The van der Waals surface area contributed by atoms with Crippen LogP contribution in [0, 0.1) is 11.8 Å². The largest absolute Gasteiger partial charge is 0.351 e. The van der Waals surface area contributed by atoms with Gasteiger partial charge in [0.1, 0.15) is 0 Å². The molecule has 0 heterocycles. The van der Waals surface area contributed by atoms with Crippen LogP contribution >= 0.6 is 0 Å². The zero-order valence-electron chi connectivity index (χ0n) is 7.72. The molecule has 0 aromatic rings. The molecule has 1 fully saturated rings. The van der Waals surface area contributed by atoms with Crippen molar-refractivity contribution in [2.75, 3.05) is 6.54 Å². The fourth-order valence-electron chi connectivity index (χ4n) is 1.83.